The molecule has 0 aromatic heterocycles. The van der Waals surface area contributed by atoms with Crippen LogP contribution >= 0.6 is 15.9 Å². The molecule has 3 N–H and O–H groups in total. The maximum Gasteiger partial charge on any atom is 0.171 e. The number of hydrogen-bond donors (Lipinski definition) is 3. The van der Waals surface area contributed by atoms with Crippen molar-refractivity contribution < 1.29 is 10.2 Å². The molecule has 0 amide bonds. The molecule has 1 aliphatic heterocycles. The molecule has 15 heavy (non-hydrogen) atoms. The fraction of sp³-hybridized carbons (Fsp3) is 0.455. The van der Waals surface area contributed by atoms with E-state index in [1.165, 1.54) is 0 Å². The van der Waals surface area contributed by atoms with Gasteiger partial charge in [-0.3, -0.25) is 0 Å². The van der Waals surface area contributed by atoms with Gasteiger partial charge in [0.15, 0.2) is 11.5 Å². The van der Waals surface area contributed by atoms with E-state index in [0.29, 0.717) is 4.47 Å². The molecule has 1 atom stereocenters. The molecule has 0 radical (unpaired) electrons. The van der Waals surface area contributed by atoms with Gasteiger partial charge in [0.05, 0.1) is 4.47 Å². The lowest BCUT2D eigenvalue weighted by molar-refractivity contribution is 0.392. The number of halogens is 1. The molecule has 0 saturated carbocycles. The number of benzene rings is 1. The second kappa shape index (κ2) is 3.68. The largest absolute Gasteiger partial charge is 0.504 e. The minimum atomic E-state index is -0.0969. The standard InChI is InChI=1S/C11H14BrNO2/c1-11(3-2-4-13-11)7-5-8(12)10(15)9(14)6-7/h5-6,13-15H,2-4H2,1H3. The molecule has 4 heteroatoms. The van der Waals surface area contributed by atoms with Crippen LogP contribution in [0.5, 0.6) is 11.5 Å². The van der Waals surface area contributed by atoms with Gasteiger partial charge in [-0.15, -0.1) is 0 Å². The second-order valence-corrected chi connectivity index (χ2v) is 5.04. The summed E-state index contributed by atoms with van der Waals surface area (Å²) in [5.74, 6) is -0.172. The highest BCUT2D eigenvalue weighted by Crippen LogP contribution is 2.39. The minimum absolute atomic E-state index is 0.0747. The summed E-state index contributed by atoms with van der Waals surface area (Å²) < 4.78 is 0.535. The molecule has 1 saturated heterocycles. The average molecular weight is 272 g/mol. The highest BCUT2D eigenvalue weighted by atomic mass is 79.9. The first-order valence-corrected chi connectivity index (χ1v) is 5.79. The highest BCUT2D eigenvalue weighted by Gasteiger charge is 2.31. The van der Waals surface area contributed by atoms with Crippen molar-refractivity contribution in [2.75, 3.05) is 6.54 Å². The predicted octanol–water partition coefficient (Wildman–Crippen LogP) is 2.46. The molecule has 2 rings (SSSR count). The SMILES string of the molecule is CC1(c2cc(O)c(O)c(Br)c2)CCCN1. The van der Waals surface area contributed by atoms with Crippen LogP contribution < -0.4 is 5.32 Å². The summed E-state index contributed by atoms with van der Waals surface area (Å²) in [6.45, 7) is 3.11. The fourth-order valence-electron chi connectivity index (χ4n) is 2.04. The van der Waals surface area contributed by atoms with Gasteiger partial charge in [0.25, 0.3) is 0 Å². The van der Waals surface area contributed by atoms with E-state index in [4.69, 9.17) is 0 Å². The van der Waals surface area contributed by atoms with Gasteiger partial charge in [0, 0.05) is 5.54 Å². The second-order valence-electron chi connectivity index (χ2n) is 4.19. The first-order valence-electron chi connectivity index (χ1n) is 5.00. The zero-order valence-electron chi connectivity index (χ0n) is 8.55. The van der Waals surface area contributed by atoms with Crippen molar-refractivity contribution in [3.05, 3.63) is 22.2 Å². The van der Waals surface area contributed by atoms with E-state index < -0.39 is 0 Å². The Morgan fingerprint density at radius 2 is 2.13 bits per heavy atom. The van der Waals surface area contributed by atoms with Crippen LogP contribution in [0.3, 0.4) is 0 Å². The third-order valence-corrected chi connectivity index (χ3v) is 3.65. The van der Waals surface area contributed by atoms with E-state index in [0.717, 1.165) is 24.9 Å². The maximum atomic E-state index is 9.55. The quantitative estimate of drug-likeness (QED) is 0.688. The number of hydrogen-bond acceptors (Lipinski definition) is 3. The monoisotopic (exact) mass is 271 g/mol. The van der Waals surface area contributed by atoms with E-state index in [1.54, 1.807) is 6.07 Å². The zero-order valence-corrected chi connectivity index (χ0v) is 10.1. The van der Waals surface area contributed by atoms with Crippen molar-refractivity contribution >= 4 is 15.9 Å². The van der Waals surface area contributed by atoms with Crippen LogP contribution in [-0.4, -0.2) is 16.8 Å². The maximum absolute atomic E-state index is 9.55. The molecule has 1 fully saturated rings. The van der Waals surface area contributed by atoms with E-state index in [9.17, 15) is 10.2 Å². The van der Waals surface area contributed by atoms with Gasteiger partial charge in [0.2, 0.25) is 0 Å². The lowest BCUT2D eigenvalue weighted by atomic mass is 9.90. The van der Waals surface area contributed by atoms with Gasteiger partial charge < -0.3 is 15.5 Å². The molecule has 1 unspecified atom stereocenters. The Morgan fingerprint density at radius 3 is 2.67 bits per heavy atom. The molecule has 1 aromatic carbocycles. The van der Waals surface area contributed by atoms with Gasteiger partial charge in [-0.1, -0.05) is 0 Å². The first kappa shape index (κ1) is 10.8. The number of nitrogens with one attached hydrogen (secondary N) is 1. The summed E-state index contributed by atoms with van der Waals surface area (Å²) >= 11 is 3.23. The molecule has 0 bridgehead atoms. The van der Waals surface area contributed by atoms with Crippen molar-refractivity contribution in [1.82, 2.24) is 5.32 Å². The van der Waals surface area contributed by atoms with Gasteiger partial charge in [-0.25, -0.2) is 0 Å². The Bertz CT molecular complexity index is 363. The van der Waals surface area contributed by atoms with Crippen LogP contribution in [0.2, 0.25) is 0 Å². The lowest BCUT2D eigenvalue weighted by Crippen LogP contribution is -2.33. The zero-order chi connectivity index (χ0) is 11.1. The summed E-state index contributed by atoms with van der Waals surface area (Å²) in [4.78, 5) is 0. The van der Waals surface area contributed by atoms with Gasteiger partial charge >= 0.3 is 0 Å². The van der Waals surface area contributed by atoms with Crippen LogP contribution in [-0.2, 0) is 5.54 Å². The van der Waals surface area contributed by atoms with Crippen molar-refractivity contribution in [1.29, 1.82) is 0 Å². The minimum Gasteiger partial charge on any atom is -0.504 e. The Hall–Kier alpha value is -0.740. The fourth-order valence-corrected chi connectivity index (χ4v) is 2.49. The lowest BCUT2D eigenvalue weighted by Gasteiger charge is -2.25. The Morgan fingerprint density at radius 1 is 1.40 bits per heavy atom. The molecule has 1 aromatic rings. The number of rotatable bonds is 1. The Balaban J connectivity index is 2.45. The summed E-state index contributed by atoms with van der Waals surface area (Å²) in [6, 6.07) is 3.48. The van der Waals surface area contributed by atoms with Crippen molar-refractivity contribution in [3.8, 4) is 11.5 Å². The summed E-state index contributed by atoms with van der Waals surface area (Å²) in [5, 5.41) is 22.4. The average Bonchev–Trinajstić information content (AvgIpc) is 2.62. The summed E-state index contributed by atoms with van der Waals surface area (Å²) in [5.41, 5.74) is 0.912. The normalized spacial score (nSPS) is 25.7. The number of phenolic OH excluding ortho intramolecular Hbond substituents is 2. The molecule has 1 heterocycles. The molecule has 0 spiro atoms. The van der Waals surface area contributed by atoms with Gasteiger partial charge in [-0.05, 0) is 59.9 Å². The van der Waals surface area contributed by atoms with Crippen LogP contribution in [0, 0.1) is 0 Å². The third kappa shape index (κ3) is 1.84. The molecule has 1 aliphatic rings. The van der Waals surface area contributed by atoms with E-state index in [2.05, 4.69) is 28.2 Å². The van der Waals surface area contributed by atoms with Crippen molar-refractivity contribution in [2.24, 2.45) is 0 Å². The van der Waals surface area contributed by atoms with Crippen molar-refractivity contribution in [2.45, 2.75) is 25.3 Å². The molecular weight excluding hydrogens is 258 g/mol. The van der Waals surface area contributed by atoms with Crippen LogP contribution in [0.25, 0.3) is 0 Å². The molecule has 82 valence electrons. The topological polar surface area (TPSA) is 52.5 Å². The van der Waals surface area contributed by atoms with E-state index >= 15 is 0 Å². The van der Waals surface area contributed by atoms with Crippen LogP contribution in [0.4, 0.5) is 0 Å². The van der Waals surface area contributed by atoms with E-state index in [-0.39, 0.29) is 17.0 Å². The van der Waals surface area contributed by atoms with Crippen LogP contribution in [0.15, 0.2) is 16.6 Å². The Labute approximate surface area is 97.3 Å². The van der Waals surface area contributed by atoms with Crippen LogP contribution in [0.1, 0.15) is 25.3 Å². The first-order chi connectivity index (χ1) is 7.03. The number of aromatic hydroxyl groups is 2. The Kier molecular flexibility index (Phi) is 2.64. The van der Waals surface area contributed by atoms with Gasteiger partial charge in [-0.2, -0.15) is 0 Å². The van der Waals surface area contributed by atoms with Crippen molar-refractivity contribution in [3.63, 3.8) is 0 Å². The molecule has 0 aliphatic carbocycles. The predicted molar refractivity (Wildman–Crippen MR) is 62.1 cm³/mol. The molecular formula is C11H14BrNO2. The third-order valence-electron chi connectivity index (χ3n) is 3.05. The summed E-state index contributed by atoms with van der Waals surface area (Å²) in [6.07, 6.45) is 2.18. The smallest absolute Gasteiger partial charge is 0.171 e. The molecule has 3 nitrogen and oxygen atoms in total. The summed E-state index contributed by atoms with van der Waals surface area (Å²) in [7, 11) is 0. The van der Waals surface area contributed by atoms with E-state index in [1.807, 2.05) is 6.07 Å². The van der Waals surface area contributed by atoms with Gasteiger partial charge in [0.1, 0.15) is 0 Å². The highest BCUT2D eigenvalue weighted by molar-refractivity contribution is 9.10. The number of phenols is 2.